The Morgan fingerprint density at radius 1 is 1.22 bits per heavy atom. The molecule has 0 radical (unpaired) electrons. The van der Waals surface area contributed by atoms with Gasteiger partial charge in [-0.25, -0.2) is 13.4 Å². The number of rotatable bonds is 6. The molecule has 0 unspecified atom stereocenters. The summed E-state index contributed by atoms with van der Waals surface area (Å²) in [6, 6.07) is 10.7. The number of benzene rings is 2. The molecule has 1 amide bonds. The summed E-state index contributed by atoms with van der Waals surface area (Å²) in [5.74, 6) is 2.46. The highest BCUT2D eigenvalue weighted by atomic mass is 32.2. The molecule has 0 fully saturated rings. The van der Waals surface area contributed by atoms with Gasteiger partial charge < -0.3 is 9.73 Å². The number of nitrogens with one attached hydrogen (secondary N) is 2. The Kier molecular flexibility index (Phi) is 5.26. The van der Waals surface area contributed by atoms with Crippen molar-refractivity contribution in [3.8, 4) is 12.3 Å². The summed E-state index contributed by atoms with van der Waals surface area (Å²) < 4.78 is 31.8. The van der Waals surface area contributed by atoms with Gasteiger partial charge in [0.25, 0.3) is 5.91 Å². The van der Waals surface area contributed by atoms with Crippen LogP contribution in [0, 0.1) is 12.3 Å². The predicted molar refractivity (Wildman–Crippen MR) is 102 cm³/mol. The molecule has 3 rings (SSSR count). The number of amides is 1. The fourth-order valence-electron chi connectivity index (χ4n) is 2.41. The van der Waals surface area contributed by atoms with Gasteiger partial charge in [-0.1, -0.05) is 12.8 Å². The molecule has 0 aliphatic heterocycles. The minimum Gasteiger partial charge on any atom is -0.441 e. The minimum absolute atomic E-state index is 0.0328. The number of aromatic nitrogens is 1. The highest BCUT2D eigenvalue weighted by Gasteiger charge is 2.14. The molecule has 3 aromatic rings. The Morgan fingerprint density at radius 3 is 2.63 bits per heavy atom. The highest BCUT2D eigenvalue weighted by Crippen LogP contribution is 2.21. The van der Waals surface area contributed by atoms with Gasteiger partial charge in [-0.15, -0.1) is 6.42 Å². The van der Waals surface area contributed by atoms with Crippen molar-refractivity contribution in [3.63, 3.8) is 0 Å². The lowest BCUT2D eigenvalue weighted by Gasteiger charge is -2.07. The van der Waals surface area contributed by atoms with Gasteiger partial charge in [0.1, 0.15) is 5.52 Å². The zero-order valence-corrected chi connectivity index (χ0v) is 15.3. The maximum Gasteiger partial charge on any atom is 0.255 e. The van der Waals surface area contributed by atoms with E-state index in [0.29, 0.717) is 34.7 Å². The normalized spacial score (nSPS) is 11.3. The summed E-state index contributed by atoms with van der Waals surface area (Å²) in [5, 5.41) is 2.76. The van der Waals surface area contributed by atoms with Crippen molar-refractivity contribution >= 4 is 32.7 Å². The van der Waals surface area contributed by atoms with Gasteiger partial charge in [0, 0.05) is 17.7 Å². The third-order valence-corrected chi connectivity index (χ3v) is 5.20. The Labute approximate surface area is 156 Å². The van der Waals surface area contributed by atoms with Crippen LogP contribution in [0.1, 0.15) is 23.2 Å². The number of sulfonamides is 1. The Morgan fingerprint density at radius 2 is 1.96 bits per heavy atom. The molecule has 27 heavy (non-hydrogen) atoms. The van der Waals surface area contributed by atoms with Gasteiger partial charge >= 0.3 is 0 Å². The van der Waals surface area contributed by atoms with Crippen LogP contribution < -0.4 is 10.0 Å². The molecule has 0 bridgehead atoms. The van der Waals surface area contributed by atoms with Gasteiger partial charge in [0.05, 0.1) is 11.4 Å². The smallest absolute Gasteiger partial charge is 0.255 e. The number of aryl methyl sites for hydroxylation is 1. The molecule has 0 aliphatic rings. The average Bonchev–Trinajstić information content (AvgIpc) is 3.09. The SMILES string of the molecule is C#CCNS(=O)(=O)c1ccc(C(=O)Nc2ccc3oc(CC)nc3c2)cc1. The number of oxazole rings is 1. The summed E-state index contributed by atoms with van der Waals surface area (Å²) in [4.78, 5) is 16.8. The molecule has 0 spiro atoms. The molecular weight excluding hydrogens is 366 g/mol. The van der Waals surface area contributed by atoms with E-state index in [1.807, 2.05) is 6.92 Å². The van der Waals surface area contributed by atoms with Crippen molar-refractivity contribution in [2.75, 3.05) is 11.9 Å². The molecule has 0 saturated carbocycles. The zero-order valence-electron chi connectivity index (χ0n) is 14.5. The van der Waals surface area contributed by atoms with Crippen molar-refractivity contribution in [2.45, 2.75) is 18.2 Å². The van der Waals surface area contributed by atoms with Crippen LogP contribution in [0.4, 0.5) is 5.69 Å². The Balaban J connectivity index is 1.75. The van der Waals surface area contributed by atoms with Crippen LogP contribution in [0.5, 0.6) is 0 Å². The first kappa shape index (κ1) is 18.6. The van der Waals surface area contributed by atoms with E-state index in [-0.39, 0.29) is 17.3 Å². The number of hydrogen-bond donors (Lipinski definition) is 2. The Hall–Kier alpha value is -3.15. The third kappa shape index (κ3) is 4.16. The second-order valence-corrected chi connectivity index (χ2v) is 7.42. The van der Waals surface area contributed by atoms with Crippen LogP contribution in [-0.4, -0.2) is 25.9 Å². The maximum absolute atomic E-state index is 12.4. The monoisotopic (exact) mass is 383 g/mol. The molecule has 2 aromatic carbocycles. The molecule has 1 heterocycles. The molecule has 2 N–H and O–H groups in total. The molecular formula is C19H17N3O4S. The van der Waals surface area contributed by atoms with Crippen LogP contribution in [0.3, 0.4) is 0 Å². The fourth-order valence-corrected chi connectivity index (χ4v) is 3.35. The minimum atomic E-state index is -3.69. The van der Waals surface area contributed by atoms with Crippen molar-refractivity contribution in [3.05, 3.63) is 53.9 Å². The largest absolute Gasteiger partial charge is 0.441 e. The lowest BCUT2D eigenvalue weighted by Crippen LogP contribution is -2.24. The number of terminal acetylenes is 1. The quantitative estimate of drug-likeness (QED) is 0.637. The first-order valence-electron chi connectivity index (χ1n) is 8.17. The molecule has 1 aromatic heterocycles. The summed E-state index contributed by atoms with van der Waals surface area (Å²) in [6.45, 7) is 1.84. The van der Waals surface area contributed by atoms with E-state index in [1.54, 1.807) is 18.2 Å². The molecule has 8 heteroatoms. The van der Waals surface area contributed by atoms with E-state index in [9.17, 15) is 13.2 Å². The maximum atomic E-state index is 12.4. The van der Waals surface area contributed by atoms with Gasteiger partial charge in [0.2, 0.25) is 10.0 Å². The molecule has 0 atom stereocenters. The number of fused-ring (bicyclic) bond motifs is 1. The average molecular weight is 383 g/mol. The van der Waals surface area contributed by atoms with Crippen LogP contribution in [0.2, 0.25) is 0 Å². The third-order valence-electron chi connectivity index (χ3n) is 3.78. The summed E-state index contributed by atoms with van der Waals surface area (Å²) in [5.41, 5.74) is 2.20. The topological polar surface area (TPSA) is 101 Å². The number of carbonyl (C=O) groups is 1. The van der Waals surface area contributed by atoms with Crippen LogP contribution >= 0.6 is 0 Å². The second-order valence-electron chi connectivity index (χ2n) is 5.65. The first-order valence-corrected chi connectivity index (χ1v) is 9.65. The van der Waals surface area contributed by atoms with E-state index < -0.39 is 10.0 Å². The molecule has 138 valence electrons. The summed E-state index contributed by atoms with van der Waals surface area (Å²) in [6.07, 6.45) is 5.74. The molecule has 7 nitrogen and oxygen atoms in total. The number of nitrogens with zero attached hydrogens (tertiary/aromatic N) is 1. The standard InChI is InChI=1S/C19H17N3O4S/c1-3-11-20-27(24,25)15-8-5-13(6-9-15)19(23)21-14-7-10-17-16(12-14)22-18(4-2)26-17/h1,5-10,12,20H,4,11H2,2H3,(H,21,23). The lowest BCUT2D eigenvalue weighted by molar-refractivity contribution is 0.102. The summed E-state index contributed by atoms with van der Waals surface area (Å²) >= 11 is 0. The lowest BCUT2D eigenvalue weighted by atomic mass is 10.2. The number of carbonyl (C=O) groups excluding carboxylic acids is 1. The predicted octanol–water partition coefficient (Wildman–Crippen LogP) is 2.55. The van der Waals surface area contributed by atoms with Crippen molar-refractivity contribution in [1.82, 2.24) is 9.71 Å². The van der Waals surface area contributed by atoms with Gasteiger partial charge in [-0.05, 0) is 42.5 Å². The van der Waals surface area contributed by atoms with Gasteiger partial charge in [-0.2, -0.15) is 4.72 Å². The van der Waals surface area contributed by atoms with Crippen molar-refractivity contribution < 1.29 is 17.6 Å². The van der Waals surface area contributed by atoms with E-state index >= 15 is 0 Å². The van der Waals surface area contributed by atoms with E-state index in [0.717, 1.165) is 0 Å². The van der Waals surface area contributed by atoms with Gasteiger partial charge in [-0.3, -0.25) is 4.79 Å². The number of anilines is 1. The second kappa shape index (κ2) is 7.61. The zero-order chi connectivity index (χ0) is 19.4. The van der Waals surface area contributed by atoms with Gasteiger partial charge in [0.15, 0.2) is 11.5 Å². The van der Waals surface area contributed by atoms with Crippen molar-refractivity contribution in [2.24, 2.45) is 0 Å². The van der Waals surface area contributed by atoms with E-state index in [1.165, 1.54) is 24.3 Å². The van der Waals surface area contributed by atoms with Crippen LogP contribution in [0.25, 0.3) is 11.1 Å². The first-order chi connectivity index (χ1) is 12.9. The highest BCUT2D eigenvalue weighted by molar-refractivity contribution is 7.89. The van der Waals surface area contributed by atoms with Crippen molar-refractivity contribution in [1.29, 1.82) is 0 Å². The van der Waals surface area contributed by atoms with Crippen LogP contribution in [0.15, 0.2) is 51.8 Å². The molecule has 0 saturated heterocycles. The number of hydrogen-bond acceptors (Lipinski definition) is 5. The Bertz CT molecular complexity index is 1130. The summed E-state index contributed by atoms with van der Waals surface area (Å²) in [7, 11) is -3.69. The van der Waals surface area contributed by atoms with E-state index in [2.05, 4.69) is 20.9 Å². The molecule has 0 aliphatic carbocycles. The van der Waals surface area contributed by atoms with Crippen LogP contribution in [-0.2, 0) is 16.4 Å². The van der Waals surface area contributed by atoms with E-state index in [4.69, 9.17) is 10.8 Å². The fraction of sp³-hybridized carbons (Fsp3) is 0.158.